The zero-order valence-electron chi connectivity index (χ0n) is 8.16. The largest absolute Gasteiger partial charge is 0.285 e. The van der Waals surface area contributed by atoms with Gasteiger partial charge in [-0.15, -0.1) is 0 Å². The van der Waals surface area contributed by atoms with E-state index in [-0.39, 0.29) is 12.7 Å². The van der Waals surface area contributed by atoms with Gasteiger partial charge in [0, 0.05) is 0 Å². The van der Waals surface area contributed by atoms with Crippen molar-refractivity contribution in [3.8, 4) is 0 Å². The molecule has 2 unspecified atom stereocenters. The van der Waals surface area contributed by atoms with E-state index in [9.17, 15) is 4.39 Å². The molecule has 0 fully saturated rings. The predicted octanol–water partition coefficient (Wildman–Crippen LogP) is 1.68. The minimum atomic E-state index is -0.897. The van der Waals surface area contributed by atoms with Crippen LogP contribution in [0.5, 0.6) is 0 Å². The number of hydrogen-bond acceptors (Lipinski definition) is 3. The van der Waals surface area contributed by atoms with Crippen LogP contribution in [0, 0.1) is 0 Å². The molecule has 0 amide bonds. The van der Waals surface area contributed by atoms with E-state index in [1.54, 1.807) is 6.21 Å². The highest BCUT2D eigenvalue weighted by atomic mass is 19.1. The molecule has 0 aromatic rings. The molecule has 13 heavy (non-hydrogen) atoms. The summed E-state index contributed by atoms with van der Waals surface area (Å²) in [4.78, 5) is 12.3. The van der Waals surface area contributed by atoms with Crippen molar-refractivity contribution >= 4 is 17.6 Å². The molecule has 0 bridgehead atoms. The van der Waals surface area contributed by atoms with E-state index in [4.69, 9.17) is 0 Å². The molecule has 0 aromatic carbocycles. The summed E-state index contributed by atoms with van der Waals surface area (Å²) in [5.74, 6) is 0. The van der Waals surface area contributed by atoms with Crippen LogP contribution in [-0.2, 0) is 0 Å². The van der Waals surface area contributed by atoms with Crippen LogP contribution >= 0.6 is 0 Å². The zero-order valence-corrected chi connectivity index (χ0v) is 8.16. The molecule has 2 atom stereocenters. The van der Waals surface area contributed by atoms with Crippen molar-refractivity contribution in [3.63, 3.8) is 0 Å². The van der Waals surface area contributed by atoms with Crippen molar-refractivity contribution in [2.24, 2.45) is 15.0 Å². The molecule has 0 saturated heterocycles. The van der Waals surface area contributed by atoms with Crippen LogP contribution in [0.1, 0.15) is 20.8 Å². The number of rotatable bonds is 3. The SMILES string of the molecule is CC(=NCC(C)F)C1=NC(C)N=C1. The van der Waals surface area contributed by atoms with E-state index < -0.39 is 6.17 Å². The van der Waals surface area contributed by atoms with Crippen molar-refractivity contribution in [1.82, 2.24) is 0 Å². The molecule has 0 radical (unpaired) electrons. The maximum absolute atomic E-state index is 12.4. The van der Waals surface area contributed by atoms with Crippen molar-refractivity contribution in [2.75, 3.05) is 6.54 Å². The molecular weight excluding hydrogens is 169 g/mol. The fourth-order valence-electron chi connectivity index (χ4n) is 0.977. The van der Waals surface area contributed by atoms with Gasteiger partial charge in [0.05, 0.1) is 24.2 Å². The standard InChI is InChI=1S/C9H14FN3/c1-6(10)4-11-7(2)9-5-12-8(3)13-9/h5-6,8H,4H2,1-3H3. The van der Waals surface area contributed by atoms with Crippen LogP contribution < -0.4 is 0 Å². The third-order valence-corrected chi connectivity index (χ3v) is 1.69. The first-order valence-electron chi connectivity index (χ1n) is 4.36. The lowest BCUT2D eigenvalue weighted by molar-refractivity contribution is 0.371. The second-order valence-corrected chi connectivity index (χ2v) is 3.13. The van der Waals surface area contributed by atoms with Crippen LogP contribution in [0.25, 0.3) is 0 Å². The first kappa shape index (κ1) is 10.0. The Hall–Kier alpha value is -1.06. The summed E-state index contributed by atoms with van der Waals surface area (Å²) >= 11 is 0. The van der Waals surface area contributed by atoms with Crippen molar-refractivity contribution in [3.05, 3.63) is 0 Å². The highest BCUT2D eigenvalue weighted by molar-refractivity contribution is 6.62. The van der Waals surface area contributed by atoms with E-state index in [1.165, 1.54) is 6.92 Å². The monoisotopic (exact) mass is 183 g/mol. The van der Waals surface area contributed by atoms with Gasteiger partial charge in [0.25, 0.3) is 0 Å². The Kier molecular flexibility index (Phi) is 3.28. The molecule has 0 spiro atoms. The van der Waals surface area contributed by atoms with E-state index in [1.807, 2.05) is 13.8 Å². The Labute approximate surface area is 77.5 Å². The van der Waals surface area contributed by atoms with Gasteiger partial charge in [-0.1, -0.05) is 0 Å². The number of hydrogen-bond donors (Lipinski definition) is 0. The van der Waals surface area contributed by atoms with Crippen LogP contribution in [0.2, 0.25) is 0 Å². The van der Waals surface area contributed by atoms with Gasteiger partial charge >= 0.3 is 0 Å². The maximum atomic E-state index is 12.4. The Morgan fingerprint density at radius 2 is 2.46 bits per heavy atom. The normalized spacial score (nSPS) is 24.8. The summed E-state index contributed by atoms with van der Waals surface area (Å²) in [5, 5.41) is 0. The van der Waals surface area contributed by atoms with Gasteiger partial charge in [0.15, 0.2) is 0 Å². The van der Waals surface area contributed by atoms with E-state index in [2.05, 4.69) is 15.0 Å². The molecule has 0 saturated carbocycles. The molecule has 1 aliphatic heterocycles. The third-order valence-electron chi connectivity index (χ3n) is 1.69. The third kappa shape index (κ3) is 3.05. The van der Waals surface area contributed by atoms with Gasteiger partial charge in [-0.3, -0.25) is 15.0 Å². The first-order chi connectivity index (χ1) is 6.09. The minimum absolute atomic E-state index is 0.0112. The number of nitrogens with zero attached hydrogens (tertiary/aromatic N) is 3. The molecule has 1 aliphatic rings. The van der Waals surface area contributed by atoms with Crippen LogP contribution in [0.3, 0.4) is 0 Å². The topological polar surface area (TPSA) is 37.1 Å². The van der Waals surface area contributed by atoms with Crippen LogP contribution in [0.15, 0.2) is 15.0 Å². The Morgan fingerprint density at radius 3 is 2.92 bits per heavy atom. The molecule has 1 heterocycles. The Morgan fingerprint density at radius 1 is 1.77 bits per heavy atom. The van der Waals surface area contributed by atoms with Gasteiger partial charge in [-0.05, 0) is 20.8 Å². The van der Waals surface area contributed by atoms with E-state index >= 15 is 0 Å². The lowest BCUT2D eigenvalue weighted by Crippen LogP contribution is -2.12. The predicted molar refractivity (Wildman–Crippen MR) is 53.9 cm³/mol. The second-order valence-electron chi connectivity index (χ2n) is 3.13. The highest BCUT2D eigenvalue weighted by Gasteiger charge is 2.09. The summed E-state index contributed by atoms with van der Waals surface area (Å²) in [6.07, 6.45) is 0.779. The average molecular weight is 183 g/mol. The maximum Gasteiger partial charge on any atom is 0.137 e. The summed E-state index contributed by atoms with van der Waals surface area (Å²) < 4.78 is 12.4. The van der Waals surface area contributed by atoms with Crippen molar-refractivity contribution in [2.45, 2.75) is 33.1 Å². The number of halogens is 1. The summed E-state index contributed by atoms with van der Waals surface area (Å²) in [7, 11) is 0. The first-order valence-corrected chi connectivity index (χ1v) is 4.36. The summed E-state index contributed by atoms with van der Waals surface area (Å²) in [6.45, 7) is 5.41. The molecule has 72 valence electrons. The van der Waals surface area contributed by atoms with Gasteiger partial charge in [0.2, 0.25) is 0 Å². The average Bonchev–Trinajstić information content (AvgIpc) is 2.47. The van der Waals surface area contributed by atoms with Gasteiger partial charge in [-0.2, -0.15) is 0 Å². The van der Waals surface area contributed by atoms with Gasteiger partial charge < -0.3 is 0 Å². The summed E-state index contributed by atoms with van der Waals surface area (Å²) in [5.41, 5.74) is 1.53. The van der Waals surface area contributed by atoms with Gasteiger partial charge in [0.1, 0.15) is 12.3 Å². The molecule has 3 nitrogen and oxygen atoms in total. The molecule has 0 aliphatic carbocycles. The number of alkyl halides is 1. The molecular formula is C9H14FN3. The zero-order chi connectivity index (χ0) is 9.84. The lowest BCUT2D eigenvalue weighted by atomic mass is 10.3. The lowest BCUT2D eigenvalue weighted by Gasteiger charge is -1.98. The van der Waals surface area contributed by atoms with Crippen LogP contribution in [0.4, 0.5) is 4.39 Å². The Balaban J connectivity index is 2.58. The molecule has 0 aromatic heterocycles. The highest BCUT2D eigenvalue weighted by Crippen LogP contribution is 2.01. The molecule has 4 heteroatoms. The quantitative estimate of drug-likeness (QED) is 0.597. The van der Waals surface area contributed by atoms with Crippen molar-refractivity contribution in [1.29, 1.82) is 0 Å². The number of aliphatic imine (C=N–C) groups is 3. The minimum Gasteiger partial charge on any atom is -0.285 e. The van der Waals surface area contributed by atoms with Crippen LogP contribution in [-0.4, -0.2) is 36.5 Å². The van der Waals surface area contributed by atoms with Gasteiger partial charge in [-0.25, -0.2) is 4.39 Å². The van der Waals surface area contributed by atoms with Crippen molar-refractivity contribution < 1.29 is 4.39 Å². The smallest absolute Gasteiger partial charge is 0.137 e. The molecule has 0 N–H and O–H groups in total. The fraction of sp³-hybridized carbons (Fsp3) is 0.667. The van der Waals surface area contributed by atoms with E-state index in [0.29, 0.717) is 0 Å². The van der Waals surface area contributed by atoms with E-state index in [0.717, 1.165) is 11.4 Å². The summed E-state index contributed by atoms with van der Waals surface area (Å²) in [6, 6.07) is 0. The second kappa shape index (κ2) is 4.25. The Bertz CT molecular complexity index is 266. The fourth-order valence-corrected chi connectivity index (χ4v) is 0.977. The molecule has 1 rings (SSSR count).